The second-order valence-electron chi connectivity index (χ2n) is 17.3. The van der Waals surface area contributed by atoms with Crippen LogP contribution in [0.15, 0.2) is 24.3 Å². The maximum absolute atomic E-state index is 14.4. The zero-order chi connectivity index (χ0) is 37.1. The minimum absolute atomic E-state index is 0.0623. The molecule has 274 valence electrons. The number of nitrogens with one attached hydrogen (secondary N) is 4. The van der Waals surface area contributed by atoms with Crippen LogP contribution in [0.25, 0.3) is 0 Å². The lowest BCUT2D eigenvalue weighted by Gasteiger charge is -2.39. The second kappa shape index (κ2) is 13.4. The van der Waals surface area contributed by atoms with Crippen molar-refractivity contribution in [3.8, 4) is 0 Å². The van der Waals surface area contributed by atoms with Gasteiger partial charge < -0.3 is 26.0 Å². The van der Waals surface area contributed by atoms with Crippen molar-refractivity contribution in [1.82, 2.24) is 31.1 Å². The monoisotopic (exact) mass is 694 g/mol. The zero-order valence-corrected chi connectivity index (χ0v) is 30.8. The van der Waals surface area contributed by atoms with E-state index >= 15 is 0 Å². The number of likely N-dealkylation sites (tertiary alicyclic amines) is 1. The first kappa shape index (κ1) is 37.4. The van der Waals surface area contributed by atoms with Gasteiger partial charge >= 0.3 is 6.03 Å². The van der Waals surface area contributed by atoms with Crippen LogP contribution in [0, 0.1) is 34.0 Å². The number of Topliss-reactive ketones (excluding diaryl/α,β-unsaturated/α-hetero) is 1. The molecule has 2 saturated carbocycles. The van der Waals surface area contributed by atoms with Gasteiger partial charge in [-0.3, -0.25) is 34.2 Å². The Morgan fingerprint density at radius 2 is 1.50 bits per heavy atom. The van der Waals surface area contributed by atoms with Crippen LogP contribution in [-0.2, 0) is 14.4 Å². The molecule has 50 heavy (non-hydrogen) atoms. The van der Waals surface area contributed by atoms with Crippen molar-refractivity contribution in [3.05, 3.63) is 35.4 Å². The molecule has 1 aromatic carbocycles. The van der Waals surface area contributed by atoms with Gasteiger partial charge in [-0.1, -0.05) is 80.4 Å². The molecule has 3 fully saturated rings. The predicted molar refractivity (Wildman–Crippen MR) is 186 cm³/mol. The van der Waals surface area contributed by atoms with Gasteiger partial charge in [0.2, 0.25) is 11.8 Å². The van der Waals surface area contributed by atoms with E-state index in [1.807, 2.05) is 41.5 Å². The Labute approximate surface area is 294 Å². The van der Waals surface area contributed by atoms with Crippen molar-refractivity contribution in [2.24, 2.45) is 34.0 Å². The smallest absolute Gasteiger partial charge is 0.315 e. The van der Waals surface area contributed by atoms with Gasteiger partial charge in [0.1, 0.15) is 12.1 Å². The lowest BCUT2D eigenvalue weighted by molar-refractivity contribution is -0.144. The first-order valence-electron chi connectivity index (χ1n) is 17.7. The Hall–Kier alpha value is -3.84. The summed E-state index contributed by atoms with van der Waals surface area (Å²) in [7, 11) is 1.47. The molecule has 2 heterocycles. The number of carbonyl (C=O) groups is 6. The van der Waals surface area contributed by atoms with Crippen molar-refractivity contribution >= 4 is 35.4 Å². The van der Waals surface area contributed by atoms with Crippen LogP contribution in [0.4, 0.5) is 4.79 Å². The van der Waals surface area contributed by atoms with Gasteiger partial charge in [0.15, 0.2) is 12.0 Å². The van der Waals surface area contributed by atoms with E-state index in [0.29, 0.717) is 30.0 Å². The number of likely N-dealkylation sites (N-methyl/N-ethyl adjacent to an activating group) is 1. The van der Waals surface area contributed by atoms with Crippen molar-refractivity contribution in [2.45, 2.75) is 105 Å². The third kappa shape index (κ3) is 7.30. The highest BCUT2D eigenvalue weighted by molar-refractivity contribution is 6.21. The highest BCUT2D eigenvalue weighted by Crippen LogP contribution is 2.65. The third-order valence-corrected chi connectivity index (χ3v) is 11.2. The third-order valence-electron chi connectivity index (χ3n) is 11.2. The maximum atomic E-state index is 14.4. The molecule has 7 atom stereocenters. The van der Waals surface area contributed by atoms with Crippen LogP contribution in [0.3, 0.4) is 0 Å². The van der Waals surface area contributed by atoms with E-state index in [-0.39, 0.29) is 23.8 Å². The molecule has 0 bridgehead atoms. The van der Waals surface area contributed by atoms with Gasteiger partial charge in [0.05, 0.1) is 29.8 Å². The number of hydrogen-bond donors (Lipinski definition) is 5. The molecule has 1 aromatic rings. The molecular weight excluding hydrogens is 640 g/mol. The lowest BCUT2D eigenvalue weighted by Crippen LogP contribution is -2.63. The number of rotatable bonds is 12. The number of hydrogen-bond acceptors (Lipinski definition) is 8. The zero-order valence-electron chi connectivity index (χ0n) is 30.8. The molecule has 0 spiro atoms. The van der Waals surface area contributed by atoms with Crippen LogP contribution in [0.2, 0.25) is 0 Å². The molecule has 4 aliphatic rings. The fourth-order valence-electron chi connectivity index (χ4n) is 7.61. The number of ketones is 1. The average Bonchev–Trinajstić information content (AvgIpc) is 3.86. The molecule has 13 heteroatoms. The summed E-state index contributed by atoms with van der Waals surface area (Å²) in [5.74, 6) is -1.98. The number of aliphatic hydroxyl groups is 1. The normalized spacial score (nSPS) is 24.9. The van der Waals surface area contributed by atoms with Crippen LogP contribution < -0.4 is 21.3 Å². The van der Waals surface area contributed by atoms with Crippen molar-refractivity contribution in [1.29, 1.82) is 0 Å². The van der Waals surface area contributed by atoms with Gasteiger partial charge in [-0.15, -0.1) is 0 Å². The number of amides is 6. The molecule has 5 rings (SSSR count). The molecule has 13 nitrogen and oxygen atoms in total. The van der Waals surface area contributed by atoms with Crippen molar-refractivity contribution in [3.63, 3.8) is 0 Å². The summed E-state index contributed by atoms with van der Waals surface area (Å²) in [6.07, 6.45) is 0.906. The number of urea groups is 1. The highest BCUT2D eigenvalue weighted by Gasteiger charge is 2.70. The van der Waals surface area contributed by atoms with E-state index < -0.39 is 76.7 Å². The Morgan fingerprint density at radius 3 is 2.00 bits per heavy atom. The van der Waals surface area contributed by atoms with Gasteiger partial charge in [-0.2, -0.15) is 0 Å². The van der Waals surface area contributed by atoms with Crippen molar-refractivity contribution < 1.29 is 33.9 Å². The highest BCUT2D eigenvalue weighted by atomic mass is 16.3. The second-order valence-corrected chi connectivity index (χ2v) is 17.3. The SMILES string of the molecule is CNC(O)C(=O)C(CC1CC1)NC(=O)[C@@H]1[C@@H]2[C@H](CN1C(=O)[C@@H](NC(=O)N[C@H](CN1C(=O)c3ccccc3C1=O)C(C)(C)C)C(C)(C)C)C2(C)C. The summed E-state index contributed by atoms with van der Waals surface area (Å²) in [5, 5.41) is 21.5. The first-order chi connectivity index (χ1) is 23.2. The van der Waals surface area contributed by atoms with Crippen LogP contribution >= 0.6 is 0 Å². The summed E-state index contributed by atoms with van der Waals surface area (Å²) in [6, 6.07) is 2.53. The number of piperidine rings is 1. The van der Waals surface area contributed by atoms with Gasteiger partial charge in [0.25, 0.3) is 11.8 Å². The minimum atomic E-state index is -1.42. The fourth-order valence-corrected chi connectivity index (χ4v) is 7.61. The number of aliphatic hydroxyl groups excluding tert-OH is 1. The van der Waals surface area contributed by atoms with Gasteiger partial charge in [-0.25, -0.2) is 4.79 Å². The number of nitrogens with zero attached hydrogens (tertiary/aromatic N) is 2. The predicted octanol–water partition coefficient (Wildman–Crippen LogP) is 2.29. The fraction of sp³-hybridized carbons (Fsp3) is 0.676. The summed E-state index contributed by atoms with van der Waals surface area (Å²) < 4.78 is 0. The van der Waals surface area contributed by atoms with E-state index in [9.17, 15) is 33.9 Å². The van der Waals surface area contributed by atoms with E-state index in [0.717, 1.165) is 17.7 Å². The largest absolute Gasteiger partial charge is 0.371 e. The lowest BCUT2D eigenvalue weighted by atomic mass is 9.85. The Kier molecular flexibility index (Phi) is 10.0. The Balaban J connectivity index is 1.32. The summed E-state index contributed by atoms with van der Waals surface area (Å²) in [6.45, 7) is 15.6. The van der Waals surface area contributed by atoms with Gasteiger partial charge in [-0.05, 0) is 59.6 Å². The Morgan fingerprint density at radius 1 is 0.920 bits per heavy atom. The molecule has 0 radical (unpaired) electrons. The molecule has 1 saturated heterocycles. The number of fused-ring (bicyclic) bond motifs is 2. The topological polar surface area (TPSA) is 177 Å². The molecule has 2 aliphatic carbocycles. The summed E-state index contributed by atoms with van der Waals surface area (Å²) in [5.41, 5.74) is -0.891. The molecule has 2 aliphatic heterocycles. The van der Waals surface area contributed by atoms with E-state index in [4.69, 9.17) is 0 Å². The van der Waals surface area contributed by atoms with E-state index in [1.165, 1.54) is 7.05 Å². The molecule has 0 aromatic heterocycles. The van der Waals surface area contributed by atoms with Crippen LogP contribution in [0.1, 0.15) is 95.4 Å². The molecule has 6 amide bonds. The summed E-state index contributed by atoms with van der Waals surface area (Å²) in [4.78, 5) is 84.2. The van der Waals surface area contributed by atoms with Crippen molar-refractivity contribution in [2.75, 3.05) is 20.1 Å². The first-order valence-corrected chi connectivity index (χ1v) is 17.7. The quantitative estimate of drug-likeness (QED) is 0.164. The van der Waals surface area contributed by atoms with E-state index in [1.54, 1.807) is 29.2 Å². The molecule has 2 unspecified atom stereocenters. The number of imide groups is 1. The number of benzene rings is 1. The van der Waals surface area contributed by atoms with E-state index in [2.05, 4.69) is 35.1 Å². The Bertz CT molecular complexity index is 1520. The molecular formula is C37H54N6O7. The van der Waals surface area contributed by atoms with Crippen LogP contribution in [-0.4, -0.2) is 101 Å². The molecule has 5 N–H and O–H groups in total. The van der Waals surface area contributed by atoms with Crippen LogP contribution in [0.5, 0.6) is 0 Å². The minimum Gasteiger partial charge on any atom is -0.371 e. The summed E-state index contributed by atoms with van der Waals surface area (Å²) >= 11 is 0. The average molecular weight is 695 g/mol. The van der Waals surface area contributed by atoms with Gasteiger partial charge in [0, 0.05) is 6.54 Å². The maximum Gasteiger partial charge on any atom is 0.315 e. The number of carbonyl (C=O) groups excluding carboxylic acids is 6. The standard InChI is InChI=1S/C37H54N6O7/c1-35(2,3)24(18-43-31(47)20-12-10-11-13-21(20)32(43)48)40-34(50)41-28(36(4,5)6)33(49)42-17-22-25(37(22,7)8)26(42)29(45)39-23(16-19-14-15-19)27(44)30(46)38-9/h10-13,19,22-26,28,30,38,46H,14-18H2,1-9H3,(H,39,45)(H2,40,41,50)/t22-,23?,24+,25-,26-,28+,30?/m0/s1.